The van der Waals surface area contributed by atoms with Gasteiger partial charge in [-0.25, -0.2) is 0 Å². The van der Waals surface area contributed by atoms with Crippen LogP contribution in [0.2, 0.25) is 0 Å². The summed E-state index contributed by atoms with van der Waals surface area (Å²) in [5.74, 6) is 0.599. The minimum Gasteiger partial charge on any atom is -0.314 e. The third kappa shape index (κ3) is 6.35. The summed E-state index contributed by atoms with van der Waals surface area (Å²) in [5, 5.41) is 14.0. The number of hydrogen-bond acceptors (Lipinski definition) is 4. The van der Waals surface area contributed by atoms with Crippen LogP contribution in [0.5, 0.6) is 0 Å². The highest BCUT2D eigenvalue weighted by Gasteiger charge is 2.10. The van der Waals surface area contributed by atoms with Crippen molar-refractivity contribution in [2.45, 2.75) is 50.5 Å². The molecule has 5 nitrogen and oxygen atoms in total. The van der Waals surface area contributed by atoms with Gasteiger partial charge in [0.05, 0.1) is 15.7 Å². The molecule has 1 aromatic carbocycles. The lowest BCUT2D eigenvalue weighted by atomic mass is 10.1. The van der Waals surface area contributed by atoms with Gasteiger partial charge in [0.25, 0.3) is 5.69 Å². The summed E-state index contributed by atoms with van der Waals surface area (Å²) in [6.07, 6.45) is 4.09. The molecule has 0 heterocycles. The van der Waals surface area contributed by atoms with Gasteiger partial charge in [0.1, 0.15) is 0 Å². The van der Waals surface area contributed by atoms with Crippen molar-refractivity contribution in [1.82, 2.24) is 5.32 Å². The highest BCUT2D eigenvalue weighted by Crippen LogP contribution is 2.15. The van der Waals surface area contributed by atoms with Gasteiger partial charge in [-0.3, -0.25) is 14.3 Å². The Morgan fingerprint density at radius 2 is 1.95 bits per heavy atom. The van der Waals surface area contributed by atoms with Crippen molar-refractivity contribution in [2.75, 3.05) is 12.3 Å². The van der Waals surface area contributed by atoms with Crippen molar-refractivity contribution >= 4 is 16.5 Å². The second-order valence-corrected chi connectivity index (χ2v) is 6.57. The molecule has 0 spiro atoms. The van der Waals surface area contributed by atoms with Gasteiger partial charge in [-0.1, -0.05) is 13.8 Å². The maximum atomic E-state index is 12.1. The lowest BCUT2D eigenvalue weighted by Crippen LogP contribution is -2.29. The predicted octanol–water partition coefficient (Wildman–Crippen LogP) is 3.26. The fraction of sp³-hybridized carbons (Fsp3) is 0.600. The SMILES string of the molecule is CCCNC(CC)CCCS(=O)c1ccc([N+](=O)[O-])cc1. The smallest absolute Gasteiger partial charge is 0.269 e. The van der Waals surface area contributed by atoms with Gasteiger partial charge >= 0.3 is 0 Å². The molecule has 0 aliphatic rings. The maximum absolute atomic E-state index is 12.1. The van der Waals surface area contributed by atoms with Crippen LogP contribution in [0.4, 0.5) is 5.69 Å². The van der Waals surface area contributed by atoms with Crippen LogP contribution in [0.25, 0.3) is 0 Å². The van der Waals surface area contributed by atoms with Crippen LogP contribution in [0.3, 0.4) is 0 Å². The average molecular weight is 312 g/mol. The van der Waals surface area contributed by atoms with E-state index in [1.165, 1.54) is 12.1 Å². The largest absolute Gasteiger partial charge is 0.314 e. The molecule has 0 amide bonds. The number of hydrogen-bond donors (Lipinski definition) is 1. The molecule has 21 heavy (non-hydrogen) atoms. The van der Waals surface area contributed by atoms with E-state index in [2.05, 4.69) is 19.2 Å². The molecular weight excluding hydrogens is 288 g/mol. The van der Waals surface area contributed by atoms with Crippen molar-refractivity contribution in [1.29, 1.82) is 0 Å². The van der Waals surface area contributed by atoms with Crippen molar-refractivity contribution in [3.8, 4) is 0 Å². The molecule has 2 unspecified atom stereocenters. The van der Waals surface area contributed by atoms with Crippen LogP contribution >= 0.6 is 0 Å². The number of nitro groups is 1. The van der Waals surface area contributed by atoms with Crippen LogP contribution < -0.4 is 5.32 Å². The van der Waals surface area contributed by atoms with Gasteiger partial charge in [-0.15, -0.1) is 0 Å². The molecule has 1 aromatic rings. The molecule has 1 rings (SSSR count). The highest BCUT2D eigenvalue weighted by molar-refractivity contribution is 7.85. The first-order chi connectivity index (χ1) is 10.1. The van der Waals surface area contributed by atoms with Gasteiger partial charge in [0.2, 0.25) is 0 Å². The first-order valence-corrected chi connectivity index (χ1v) is 8.76. The third-order valence-corrected chi connectivity index (χ3v) is 4.83. The number of rotatable bonds is 10. The Morgan fingerprint density at radius 1 is 1.29 bits per heavy atom. The fourth-order valence-corrected chi connectivity index (χ4v) is 3.20. The van der Waals surface area contributed by atoms with Crippen LogP contribution in [0, 0.1) is 10.1 Å². The minimum atomic E-state index is -1.08. The Balaban J connectivity index is 2.41. The zero-order chi connectivity index (χ0) is 15.7. The predicted molar refractivity (Wildman–Crippen MR) is 86.0 cm³/mol. The highest BCUT2D eigenvalue weighted by atomic mass is 32.2. The molecular formula is C15H24N2O3S. The molecule has 0 saturated carbocycles. The van der Waals surface area contributed by atoms with Gasteiger partial charge < -0.3 is 5.32 Å². The first-order valence-electron chi connectivity index (χ1n) is 7.44. The van der Waals surface area contributed by atoms with E-state index < -0.39 is 15.7 Å². The molecule has 2 atom stereocenters. The third-order valence-electron chi connectivity index (χ3n) is 3.37. The first kappa shape index (κ1) is 17.8. The summed E-state index contributed by atoms with van der Waals surface area (Å²) in [6, 6.07) is 6.47. The van der Waals surface area contributed by atoms with Gasteiger partial charge in [0, 0.05) is 28.8 Å². The monoisotopic (exact) mass is 312 g/mol. The minimum absolute atomic E-state index is 0.0329. The zero-order valence-corrected chi connectivity index (χ0v) is 13.5. The molecule has 6 heteroatoms. The van der Waals surface area contributed by atoms with Gasteiger partial charge in [-0.2, -0.15) is 0 Å². The number of benzene rings is 1. The molecule has 0 radical (unpaired) electrons. The van der Waals surface area contributed by atoms with E-state index >= 15 is 0 Å². The van der Waals surface area contributed by atoms with E-state index in [1.54, 1.807) is 12.1 Å². The van der Waals surface area contributed by atoms with Gasteiger partial charge in [0.15, 0.2) is 0 Å². The number of nitrogens with zero attached hydrogens (tertiary/aromatic N) is 1. The van der Waals surface area contributed by atoms with E-state index in [0.29, 0.717) is 16.7 Å². The maximum Gasteiger partial charge on any atom is 0.269 e. The lowest BCUT2D eigenvalue weighted by molar-refractivity contribution is -0.384. The molecule has 0 aliphatic heterocycles. The fourth-order valence-electron chi connectivity index (χ4n) is 2.10. The molecule has 118 valence electrons. The van der Waals surface area contributed by atoms with Crippen LogP contribution in [0.15, 0.2) is 29.2 Å². The Kier molecular flexibility index (Phi) is 8.15. The number of nitro benzene ring substituents is 1. The Labute approximate surface area is 128 Å². The van der Waals surface area contributed by atoms with Gasteiger partial charge in [-0.05, 0) is 44.4 Å². The molecule has 0 fully saturated rings. The summed E-state index contributed by atoms with van der Waals surface area (Å²) < 4.78 is 12.1. The molecule has 0 saturated heterocycles. The summed E-state index contributed by atoms with van der Waals surface area (Å²) in [5.41, 5.74) is 0.0329. The lowest BCUT2D eigenvalue weighted by Gasteiger charge is -2.16. The van der Waals surface area contributed by atoms with E-state index in [-0.39, 0.29) is 5.69 Å². The van der Waals surface area contributed by atoms with Crippen molar-refractivity contribution in [3.63, 3.8) is 0 Å². The Morgan fingerprint density at radius 3 is 2.48 bits per heavy atom. The number of non-ortho nitro benzene ring substituents is 1. The van der Waals surface area contributed by atoms with E-state index in [0.717, 1.165) is 32.2 Å². The van der Waals surface area contributed by atoms with Crippen LogP contribution in [-0.4, -0.2) is 27.5 Å². The second kappa shape index (κ2) is 9.63. The van der Waals surface area contributed by atoms with E-state index in [1.807, 2.05) is 0 Å². The molecule has 0 aliphatic carbocycles. The molecule has 1 N–H and O–H groups in total. The summed E-state index contributed by atoms with van der Waals surface area (Å²) >= 11 is 0. The molecule has 0 bridgehead atoms. The normalized spacial score (nSPS) is 13.8. The Hall–Kier alpha value is -1.27. The van der Waals surface area contributed by atoms with E-state index in [9.17, 15) is 14.3 Å². The summed E-state index contributed by atoms with van der Waals surface area (Å²) in [6.45, 7) is 5.31. The molecule has 0 aromatic heterocycles. The summed E-state index contributed by atoms with van der Waals surface area (Å²) in [7, 11) is -1.08. The quantitative estimate of drug-likeness (QED) is 0.531. The second-order valence-electron chi connectivity index (χ2n) is 5.00. The standard InChI is InChI=1S/C15H24N2O3S/c1-3-11-16-13(4-2)6-5-12-21(20)15-9-7-14(8-10-15)17(18)19/h7-10,13,16H,3-6,11-12H2,1-2H3. The number of nitrogens with one attached hydrogen (secondary N) is 1. The van der Waals surface area contributed by atoms with Crippen molar-refractivity contribution < 1.29 is 9.13 Å². The van der Waals surface area contributed by atoms with Crippen LogP contribution in [-0.2, 0) is 10.8 Å². The average Bonchev–Trinajstić information content (AvgIpc) is 2.50. The van der Waals surface area contributed by atoms with Crippen LogP contribution in [0.1, 0.15) is 39.5 Å². The summed E-state index contributed by atoms with van der Waals surface area (Å²) in [4.78, 5) is 10.8. The van der Waals surface area contributed by atoms with Crippen molar-refractivity contribution in [2.24, 2.45) is 0 Å². The zero-order valence-electron chi connectivity index (χ0n) is 12.7. The topological polar surface area (TPSA) is 72.2 Å². The Bertz CT molecular complexity index is 462. The van der Waals surface area contributed by atoms with E-state index in [4.69, 9.17) is 0 Å². The van der Waals surface area contributed by atoms with Crippen molar-refractivity contribution in [3.05, 3.63) is 34.4 Å².